The summed E-state index contributed by atoms with van der Waals surface area (Å²) in [6, 6.07) is 23.8. The molecule has 1 fully saturated rings. The lowest BCUT2D eigenvalue weighted by atomic mass is 9.99. The normalized spacial score (nSPS) is 16.9. The molecule has 1 unspecified atom stereocenters. The first-order valence-corrected chi connectivity index (χ1v) is 11.8. The van der Waals surface area contributed by atoms with Crippen LogP contribution in [0.4, 0.5) is 21.0 Å². The number of benzene rings is 3. The van der Waals surface area contributed by atoms with Crippen molar-refractivity contribution in [2.24, 2.45) is 0 Å². The number of hydrogen-bond acceptors (Lipinski definition) is 3. The summed E-state index contributed by atoms with van der Waals surface area (Å²) in [4.78, 5) is 30.1. The molecule has 0 aromatic heterocycles. The highest BCUT2D eigenvalue weighted by Crippen LogP contribution is 2.38. The van der Waals surface area contributed by atoms with E-state index in [2.05, 4.69) is 5.32 Å². The van der Waals surface area contributed by atoms with Gasteiger partial charge in [-0.3, -0.25) is 10.1 Å². The third kappa shape index (κ3) is 5.00. The van der Waals surface area contributed by atoms with Crippen LogP contribution in [-0.2, 0) is 6.42 Å². The Bertz CT molecular complexity index is 1180. The quantitative estimate of drug-likeness (QED) is 0.351. The number of hydroxylamine groups is 2. The summed E-state index contributed by atoms with van der Waals surface area (Å²) in [7, 11) is 0. The van der Waals surface area contributed by atoms with Crippen LogP contribution in [0.5, 0.6) is 0 Å². The first-order valence-electron chi connectivity index (χ1n) is 11.8. The summed E-state index contributed by atoms with van der Waals surface area (Å²) in [5.41, 5.74) is 3.52. The number of carbonyl (C=O) groups excluding carboxylic acids is 2. The first kappa shape index (κ1) is 24.3. The van der Waals surface area contributed by atoms with E-state index in [4.69, 9.17) is 0 Å². The Hall–Kier alpha value is -3.84. The number of rotatable bonds is 6. The zero-order chi connectivity index (χ0) is 25.2. The molecule has 0 aliphatic carbocycles. The van der Waals surface area contributed by atoms with Gasteiger partial charge < -0.3 is 10.2 Å². The second kappa shape index (κ2) is 9.80. The zero-order valence-corrected chi connectivity index (χ0v) is 20.6. The Morgan fingerprint density at radius 3 is 2.11 bits per heavy atom. The van der Waals surface area contributed by atoms with Crippen LogP contribution < -0.4 is 10.2 Å². The lowest BCUT2D eigenvalue weighted by Gasteiger charge is -2.38. The molecule has 35 heavy (non-hydrogen) atoms. The van der Waals surface area contributed by atoms with Crippen molar-refractivity contribution >= 4 is 23.4 Å². The van der Waals surface area contributed by atoms with Gasteiger partial charge in [0.25, 0.3) is 0 Å². The van der Waals surface area contributed by atoms with Crippen LogP contribution in [-0.4, -0.2) is 45.5 Å². The molecule has 1 heterocycles. The fourth-order valence-corrected chi connectivity index (χ4v) is 4.50. The number of nitrogens with one attached hydrogen (secondary N) is 1. The van der Waals surface area contributed by atoms with Gasteiger partial charge in [0.05, 0.1) is 5.54 Å². The highest BCUT2D eigenvalue weighted by atomic mass is 16.5. The third-order valence-electron chi connectivity index (χ3n) is 6.53. The van der Waals surface area contributed by atoms with Crippen LogP contribution in [0.15, 0.2) is 78.9 Å². The summed E-state index contributed by atoms with van der Waals surface area (Å²) < 4.78 is 0. The van der Waals surface area contributed by atoms with Crippen LogP contribution in [0, 0.1) is 13.8 Å². The van der Waals surface area contributed by atoms with Crippen LogP contribution in [0.1, 0.15) is 30.5 Å². The Kier molecular flexibility index (Phi) is 6.80. The molecular weight excluding hydrogens is 440 g/mol. The molecule has 0 radical (unpaired) electrons. The highest BCUT2D eigenvalue weighted by Gasteiger charge is 2.55. The predicted molar refractivity (Wildman–Crippen MR) is 138 cm³/mol. The minimum Gasteiger partial charge on any atom is -0.315 e. The third-order valence-corrected chi connectivity index (χ3v) is 6.53. The van der Waals surface area contributed by atoms with E-state index >= 15 is 0 Å². The van der Waals surface area contributed by atoms with E-state index in [1.807, 2.05) is 94.4 Å². The number of carbonyl (C=O) groups is 2. The molecule has 1 aliphatic rings. The lowest BCUT2D eigenvalue weighted by Crippen LogP contribution is -2.58. The number of urea groups is 2. The molecule has 7 nitrogen and oxygen atoms in total. The Labute approximate surface area is 206 Å². The van der Waals surface area contributed by atoms with Gasteiger partial charge in [-0.15, -0.1) is 0 Å². The van der Waals surface area contributed by atoms with Crippen molar-refractivity contribution in [1.82, 2.24) is 9.96 Å². The first-order chi connectivity index (χ1) is 16.7. The smallest absolute Gasteiger partial charge is 0.315 e. The maximum Gasteiger partial charge on any atom is 0.347 e. The summed E-state index contributed by atoms with van der Waals surface area (Å²) in [5.74, 6) is 0. The second-order valence-electron chi connectivity index (χ2n) is 9.54. The average molecular weight is 473 g/mol. The number of nitrogens with zero attached hydrogens (tertiary/aromatic N) is 3. The van der Waals surface area contributed by atoms with Crippen molar-refractivity contribution in [1.29, 1.82) is 0 Å². The molecular formula is C28H32N4O3. The molecule has 4 amide bonds. The van der Waals surface area contributed by atoms with Gasteiger partial charge in [-0.25, -0.2) is 9.59 Å². The molecule has 1 aliphatic heterocycles. The molecule has 1 atom stereocenters. The molecule has 7 heteroatoms. The van der Waals surface area contributed by atoms with E-state index in [0.717, 1.165) is 16.7 Å². The van der Waals surface area contributed by atoms with Crippen molar-refractivity contribution in [3.05, 3.63) is 95.6 Å². The summed E-state index contributed by atoms with van der Waals surface area (Å²) in [5, 5.41) is 14.5. The van der Waals surface area contributed by atoms with Crippen molar-refractivity contribution in [3.8, 4) is 0 Å². The Morgan fingerprint density at radius 2 is 1.51 bits per heavy atom. The maximum absolute atomic E-state index is 13.7. The van der Waals surface area contributed by atoms with E-state index in [-0.39, 0.29) is 6.03 Å². The minimum absolute atomic E-state index is 0.262. The van der Waals surface area contributed by atoms with Crippen LogP contribution in [0.3, 0.4) is 0 Å². The molecule has 1 saturated heterocycles. The van der Waals surface area contributed by atoms with Crippen molar-refractivity contribution in [3.63, 3.8) is 0 Å². The maximum atomic E-state index is 13.7. The molecule has 0 bridgehead atoms. The molecule has 0 saturated carbocycles. The monoisotopic (exact) mass is 472 g/mol. The van der Waals surface area contributed by atoms with E-state index < -0.39 is 17.7 Å². The Balaban J connectivity index is 1.64. The van der Waals surface area contributed by atoms with E-state index in [1.165, 1.54) is 4.90 Å². The van der Waals surface area contributed by atoms with Gasteiger partial charge in [0, 0.05) is 17.9 Å². The molecule has 182 valence electrons. The number of aryl methyl sites for hydroxylation is 2. The van der Waals surface area contributed by atoms with Crippen molar-refractivity contribution < 1.29 is 14.8 Å². The molecule has 0 spiro atoms. The molecule has 4 rings (SSSR count). The molecule has 2 N–H and O–H groups in total. The number of amides is 4. The van der Waals surface area contributed by atoms with Crippen molar-refractivity contribution in [2.45, 2.75) is 45.8 Å². The SMILES string of the molecule is Cc1ccc(NC(=O)N(O)C2N(c3ccc(C)cc3)C(=O)N(CCc3ccccc3)C2(C)C)cc1. The van der Waals surface area contributed by atoms with E-state index in [0.29, 0.717) is 29.4 Å². The Morgan fingerprint density at radius 1 is 0.943 bits per heavy atom. The fourth-order valence-electron chi connectivity index (χ4n) is 4.50. The van der Waals surface area contributed by atoms with Crippen LogP contribution in [0.2, 0.25) is 0 Å². The highest BCUT2D eigenvalue weighted by molar-refractivity contribution is 5.98. The van der Waals surface area contributed by atoms with Crippen LogP contribution in [0.25, 0.3) is 0 Å². The van der Waals surface area contributed by atoms with Crippen LogP contribution >= 0.6 is 0 Å². The largest absolute Gasteiger partial charge is 0.347 e. The standard InChI is InChI=1S/C28H32N4O3/c1-20-10-14-23(15-11-20)29-26(33)32(35)25-28(3,4)30(19-18-22-8-6-5-7-9-22)27(34)31(25)24-16-12-21(2)13-17-24/h5-17,25,35H,18-19H2,1-4H3,(H,29,33). The van der Waals surface area contributed by atoms with E-state index in [9.17, 15) is 14.8 Å². The molecule has 3 aromatic carbocycles. The van der Waals surface area contributed by atoms with Gasteiger partial charge in [-0.2, -0.15) is 5.06 Å². The second-order valence-corrected chi connectivity index (χ2v) is 9.54. The zero-order valence-electron chi connectivity index (χ0n) is 20.6. The average Bonchev–Trinajstić information content (AvgIpc) is 3.04. The van der Waals surface area contributed by atoms with Gasteiger partial charge in [0.1, 0.15) is 0 Å². The van der Waals surface area contributed by atoms with Gasteiger partial charge in [-0.1, -0.05) is 65.7 Å². The van der Waals surface area contributed by atoms with Gasteiger partial charge in [-0.05, 0) is 63.9 Å². The number of hydrogen-bond donors (Lipinski definition) is 2. The summed E-state index contributed by atoms with van der Waals surface area (Å²) in [6.07, 6.45) is -0.287. The fraction of sp³-hybridized carbons (Fsp3) is 0.286. The summed E-state index contributed by atoms with van der Waals surface area (Å²) in [6.45, 7) is 8.12. The molecule has 3 aromatic rings. The summed E-state index contributed by atoms with van der Waals surface area (Å²) >= 11 is 0. The van der Waals surface area contributed by atoms with Gasteiger partial charge in [0.15, 0.2) is 6.17 Å². The van der Waals surface area contributed by atoms with E-state index in [1.54, 1.807) is 17.0 Å². The topological polar surface area (TPSA) is 76.1 Å². The predicted octanol–water partition coefficient (Wildman–Crippen LogP) is 5.82. The van der Waals surface area contributed by atoms with Crippen molar-refractivity contribution in [2.75, 3.05) is 16.8 Å². The lowest BCUT2D eigenvalue weighted by molar-refractivity contribution is -0.0947. The number of anilines is 2. The van der Waals surface area contributed by atoms with Gasteiger partial charge in [0.2, 0.25) is 0 Å². The van der Waals surface area contributed by atoms with Gasteiger partial charge >= 0.3 is 12.1 Å². The minimum atomic E-state index is -0.945.